The minimum Gasteiger partial charge on any atom is -0.508 e. The number of phenols is 1. The lowest BCUT2D eigenvalue weighted by Gasteiger charge is -2.13. The second-order valence-electron chi connectivity index (χ2n) is 4.77. The van der Waals surface area contributed by atoms with E-state index in [1.807, 2.05) is 12.1 Å². The molecule has 2 unspecified atom stereocenters. The van der Waals surface area contributed by atoms with E-state index in [9.17, 15) is 5.11 Å². The SMILES string of the molecule is CC1CCC(NCc2cc(Br)ccc2O)C1. The van der Waals surface area contributed by atoms with Gasteiger partial charge in [-0.3, -0.25) is 0 Å². The molecule has 0 radical (unpaired) electrons. The lowest BCUT2D eigenvalue weighted by Crippen LogP contribution is -2.25. The van der Waals surface area contributed by atoms with Crippen LogP contribution < -0.4 is 5.32 Å². The number of halogens is 1. The molecule has 2 nitrogen and oxygen atoms in total. The third kappa shape index (κ3) is 2.98. The van der Waals surface area contributed by atoms with Gasteiger partial charge in [-0.1, -0.05) is 22.9 Å². The van der Waals surface area contributed by atoms with Gasteiger partial charge in [0.2, 0.25) is 0 Å². The Bertz CT molecular complexity index is 367. The number of rotatable bonds is 3. The summed E-state index contributed by atoms with van der Waals surface area (Å²) >= 11 is 3.42. The minimum atomic E-state index is 0.377. The predicted molar refractivity (Wildman–Crippen MR) is 69.4 cm³/mol. The molecule has 88 valence electrons. The zero-order chi connectivity index (χ0) is 11.5. The van der Waals surface area contributed by atoms with Crippen LogP contribution in [-0.2, 0) is 6.54 Å². The maximum Gasteiger partial charge on any atom is 0.120 e. The highest BCUT2D eigenvalue weighted by Gasteiger charge is 2.20. The lowest BCUT2D eigenvalue weighted by molar-refractivity contribution is 0.453. The molecule has 0 spiro atoms. The molecule has 0 aliphatic heterocycles. The largest absolute Gasteiger partial charge is 0.508 e. The summed E-state index contributed by atoms with van der Waals surface area (Å²) < 4.78 is 1.02. The van der Waals surface area contributed by atoms with Crippen LogP contribution in [0.4, 0.5) is 0 Å². The summed E-state index contributed by atoms with van der Waals surface area (Å²) in [7, 11) is 0. The van der Waals surface area contributed by atoms with Gasteiger partial charge in [0.1, 0.15) is 5.75 Å². The molecule has 0 heterocycles. The molecule has 16 heavy (non-hydrogen) atoms. The number of nitrogens with one attached hydrogen (secondary N) is 1. The van der Waals surface area contributed by atoms with Crippen LogP contribution in [0.5, 0.6) is 5.75 Å². The van der Waals surface area contributed by atoms with Gasteiger partial charge in [-0.15, -0.1) is 0 Å². The van der Waals surface area contributed by atoms with Crippen LogP contribution in [0.3, 0.4) is 0 Å². The van der Waals surface area contributed by atoms with E-state index in [-0.39, 0.29) is 0 Å². The number of benzene rings is 1. The van der Waals surface area contributed by atoms with Crippen molar-refractivity contribution in [2.45, 2.75) is 38.8 Å². The molecule has 1 aromatic rings. The Hall–Kier alpha value is -0.540. The van der Waals surface area contributed by atoms with E-state index in [0.717, 1.165) is 22.5 Å². The highest BCUT2D eigenvalue weighted by Crippen LogP contribution is 2.26. The van der Waals surface area contributed by atoms with Crippen molar-refractivity contribution in [2.75, 3.05) is 0 Å². The average Bonchev–Trinajstić information content (AvgIpc) is 2.66. The van der Waals surface area contributed by atoms with Crippen molar-refractivity contribution in [3.8, 4) is 5.75 Å². The summed E-state index contributed by atoms with van der Waals surface area (Å²) in [6.45, 7) is 3.06. The second-order valence-corrected chi connectivity index (χ2v) is 5.68. The van der Waals surface area contributed by atoms with Gasteiger partial charge >= 0.3 is 0 Å². The first kappa shape index (κ1) is 11.9. The molecule has 1 aliphatic carbocycles. The van der Waals surface area contributed by atoms with Gasteiger partial charge in [-0.2, -0.15) is 0 Å². The van der Waals surface area contributed by atoms with Gasteiger partial charge < -0.3 is 10.4 Å². The number of aromatic hydroxyl groups is 1. The molecule has 3 heteroatoms. The van der Waals surface area contributed by atoms with Gasteiger partial charge in [0, 0.05) is 22.6 Å². The number of hydrogen-bond acceptors (Lipinski definition) is 2. The fourth-order valence-corrected chi connectivity index (χ4v) is 2.75. The summed E-state index contributed by atoms with van der Waals surface area (Å²) in [5.41, 5.74) is 0.967. The van der Waals surface area contributed by atoms with Crippen LogP contribution in [0.25, 0.3) is 0 Å². The van der Waals surface area contributed by atoms with Crippen molar-refractivity contribution in [1.29, 1.82) is 0 Å². The molecule has 2 rings (SSSR count). The summed E-state index contributed by atoms with van der Waals surface area (Å²) in [6, 6.07) is 6.18. The van der Waals surface area contributed by atoms with E-state index in [0.29, 0.717) is 11.8 Å². The molecule has 1 aromatic carbocycles. The lowest BCUT2D eigenvalue weighted by atomic mass is 10.1. The zero-order valence-electron chi connectivity index (χ0n) is 9.54. The Morgan fingerprint density at radius 2 is 2.25 bits per heavy atom. The molecule has 2 atom stereocenters. The van der Waals surface area contributed by atoms with Crippen LogP contribution in [0, 0.1) is 5.92 Å². The third-order valence-electron chi connectivity index (χ3n) is 3.32. The van der Waals surface area contributed by atoms with E-state index >= 15 is 0 Å². The zero-order valence-corrected chi connectivity index (χ0v) is 11.1. The standard InChI is InChI=1S/C13H18BrNO/c1-9-2-4-12(6-9)15-8-10-7-11(14)3-5-13(10)16/h3,5,7,9,12,15-16H,2,4,6,8H2,1H3. The fraction of sp³-hybridized carbons (Fsp3) is 0.538. The maximum atomic E-state index is 9.70. The van der Waals surface area contributed by atoms with E-state index in [2.05, 4.69) is 28.2 Å². The van der Waals surface area contributed by atoms with Crippen molar-refractivity contribution in [3.05, 3.63) is 28.2 Å². The van der Waals surface area contributed by atoms with Crippen LogP contribution in [-0.4, -0.2) is 11.1 Å². The first-order chi connectivity index (χ1) is 7.65. The Morgan fingerprint density at radius 1 is 1.44 bits per heavy atom. The van der Waals surface area contributed by atoms with Gasteiger partial charge in [-0.25, -0.2) is 0 Å². The van der Waals surface area contributed by atoms with Gasteiger partial charge in [0.15, 0.2) is 0 Å². The second kappa shape index (κ2) is 5.19. The summed E-state index contributed by atoms with van der Waals surface area (Å²) in [5.74, 6) is 1.22. The minimum absolute atomic E-state index is 0.377. The molecular formula is C13H18BrNO. The van der Waals surface area contributed by atoms with E-state index in [4.69, 9.17) is 0 Å². The Kier molecular flexibility index (Phi) is 3.87. The first-order valence-electron chi connectivity index (χ1n) is 5.86. The van der Waals surface area contributed by atoms with E-state index in [1.54, 1.807) is 6.07 Å². The Balaban J connectivity index is 1.91. The monoisotopic (exact) mass is 283 g/mol. The normalized spacial score (nSPS) is 24.9. The Labute approximate surface area is 105 Å². The van der Waals surface area contributed by atoms with Crippen LogP contribution in [0.2, 0.25) is 0 Å². The molecule has 0 bridgehead atoms. The van der Waals surface area contributed by atoms with Crippen molar-refractivity contribution in [2.24, 2.45) is 5.92 Å². The first-order valence-corrected chi connectivity index (χ1v) is 6.65. The van der Waals surface area contributed by atoms with Crippen LogP contribution in [0.1, 0.15) is 31.7 Å². The maximum absolute atomic E-state index is 9.70. The molecule has 1 aliphatic rings. The highest BCUT2D eigenvalue weighted by molar-refractivity contribution is 9.10. The van der Waals surface area contributed by atoms with Crippen molar-refractivity contribution in [3.63, 3.8) is 0 Å². The Morgan fingerprint density at radius 3 is 2.94 bits per heavy atom. The molecule has 1 fully saturated rings. The third-order valence-corrected chi connectivity index (χ3v) is 3.81. The molecule has 0 amide bonds. The molecule has 1 saturated carbocycles. The molecule has 0 saturated heterocycles. The van der Waals surface area contributed by atoms with Crippen molar-refractivity contribution < 1.29 is 5.11 Å². The molecule has 0 aromatic heterocycles. The smallest absolute Gasteiger partial charge is 0.120 e. The van der Waals surface area contributed by atoms with Gasteiger partial charge in [0.25, 0.3) is 0 Å². The predicted octanol–water partition coefficient (Wildman–Crippen LogP) is 3.43. The number of hydrogen-bond donors (Lipinski definition) is 2. The van der Waals surface area contributed by atoms with Crippen LogP contribution >= 0.6 is 15.9 Å². The highest BCUT2D eigenvalue weighted by atomic mass is 79.9. The van der Waals surface area contributed by atoms with E-state index < -0.39 is 0 Å². The molecule has 2 N–H and O–H groups in total. The fourth-order valence-electron chi connectivity index (χ4n) is 2.34. The van der Waals surface area contributed by atoms with Crippen LogP contribution in [0.15, 0.2) is 22.7 Å². The molecular weight excluding hydrogens is 266 g/mol. The number of phenolic OH excluding ortho intramolecular Hbond substituents is 1. The van der Waals surface area contributed by atoms with Crippen molar-refractivity contribution in [1.82, 2.24) is 5.32 Å². The van der Waals surface area contributed by atoms with Gasteiger partial charge in [-0.05, 0) is 43.4 Å². The summed E-state index contributed by atoms with van der Waals surface area (Å²) in [4.78, 5) is 0. The summed E-state index contributed by atoms with van der Waals surface area (Å²) in [6.07, 6.45) is 3.84. The quantitative estimate of drug-likeness (QED) is 0.891. The average molecular weight is 284 g/mol. The van der Waals surface area contributed by atoms with E-state index in [1.165, 1.54) is 19.3 Å². The van der Waals surface area contributed by atoms with Crippen molar-refractivity contribution >= 4 is 15.9 Å². The topological polar surface area (TPSA) is 32.3 Å². The summed E-state index contributed by atoms with van der Waals surface area (Å²) in [5, 5.41) is 13.2. The van der Waals surface area contributed by atoms with Gasteiger partial charge in [0.05, 0.1) is 0 Å².